The maximum Gasteiger partial charge on any atom is 0.408 e. The maximum atomic E-state index is 13.7. The lowest BCUT2D eigenvalue weighted by Crippen LogP contribution is -2.58. The first-order valence-electron chi connectivity index (χ1n) is 29.1. The lowest BCUT2D eigenvalue weighted by atomic mass is 10.00. The normalized spacial score (nSPS) is 14.7. The van der Waals surface area contributed by atoms with Crippen molar-refractivity contribution >= 4 is 60.0 Å². The molecule has 0 heterocycles. The zero-order valence-electron chi connectivity index (χ0n) is 52.7. The molecule has 0 radical (unpaired) electrons. The summed E-state index contributed by atoms with van der Waals surface area (Å²) in [5.41, 5.74) is -0.783. The smallest absolute Gasteiger partial charge is 0.408 e. The molecule has 0 aromatic heterocycles. The van der Waals surface area contributed by atoms with Gasteiger partial charge in [0.15, 0.2) is 0 Å². The van der Waals surface area contributed by atoms with E-state index in [1.165, 1.54) is 14.0 Å². The number of rotatable bonds is 34. The fourth-order valence-electron chi connectivity index (χ4n) is 8.01. The second kappa shape index (κ2) is 38.9. The zero-order valence-corrected chi connectivity index (χ0v) is 52.7. The molecule has 0 aromatic carbocycles. The molecule has 0 saturated heterocycles. The molecule has 82 heavy (non-hydrogen) atoms. The third-order valence-electron chi connectivity index (χ3n) is 12.3. The van der Waals surface area contributed by atoms with Gasteiger partial charge in [0.25, 0.3) is 0 Å². The van der Waals surface area contributed by atoms with E-state index in [2.05, 4.69) is 85.1 Å². The van der Waals surface area contributed by atoms with Crippen molar-refractivity contribution in [3.8, 4) is 0 Å². The van der Waals surface area contributed by atoms with E-state index in [1.807, 2.05) is 83.1 Å². The number of carbonyl (C=O) groups is 10. The van der Waals surface area contributed by atoms with E-state index in [0.29, 0.717) is 19.3 Å². The first-order chi connectivity index (χ1) is 38.0. The van der Waals surface area contributed by atoms with Gasteiger partial charge in [0, 0.05) is 76.5 Å². The summed E-state index contributed by atoms with van der Waals surface area (Å²) in [5, 5.41) is 44.2. The molecular weight excluding hydrogens is 1060 g/mol. The van der Waals surface area contributed by atoms with E-state index in [1.54, 1.807) is 34.6 Å². The molecule has 27 heteroatoms. The second-order valence-electron chi connectivity index (χ2n) is 24.6. The number of hydrogen-bond acceptors (Lipinski definition) is 11. The molecule has 16 amide bonds. The van der Waals surface area contributed by atoms with Crippen LogP contribution in [-0.4, -0.2) is 166 Å². The van der Waals surface area contributed by atoms with Crippen molar-refractivity contribution in [2.45, 2.75) is 210 Å². The van der Waals surface area contributed by atoms with Gasteiger partial charge >= 0.3 is 42.3 Å². The maximum absolute atomic E-state index is 13.7. The average Bonchev–Trinajstić information content (AvgIpc) is 3.38. The van der Waals surface area contributed by atoms with Crippen LogP contribution in [0.1, 0.15) is 150 Å². The Bertz CT molecular complexity index is 2000. The monoisotopic (exact) mass is 1170 g/mol. The summed E-state index contributed by atoms with van der Waals surface area (Å²) >= 11 is 0. The molecule has 0 fully saturated rings. The highest BCUT2D eigenvalue weighted by molar-refractivity contribution is 5.93. The highest BCUT2D eigenvalue weighted by Gasteiger charge is 2.31. The molecule has 0 unspecified atom stereocenters. The number of amides is 16. The Balaban J connectivity index is 5.25. The first-order valence-corrected chi connectivity index (χ1v) is 29.1. The number of ether oxygens (including phenoxy) is 1. The molecule has 0 aliphatic carbocycles. The Kier molecular flexibility index (Phi) is 35.7. The van der Waals surface area contributed by atoms with Crippen LogP contribution in [0, 0.1) is 35.5 Å². The van der Waals surface area contributed by atoms with Crippen molar-refractivity contribution in [1.82, 2.24) is 85.1 Å². The van der Waals surface area contributed by atoms with Crippen LogP contribution in [0.25, 0.3) is 0 Å². The van der Waals surface area contributed by atoms with Gasteiger partial charge in [-0.25, -0.2) is 33.6 Å². The predicted molar refractivity (Wildman–Crippen MR) is 318 cm³/mol. The molecule has 0 saturated carbocycles. The molecule has 0 aromatic rings. The molecular formula is C55H108N16O11. The Morgan fingerprint density at radius 3 is 1.09 bits per heavy atom. The minimum atomic E-state index is -1.06. The molecule has 0 bridgehead atoms. The summed E-state index contributed by atoms with van der Waals surface area (Å²) in [7, 11) is 1.51. The van der Waals surface area contributed by atoms with Crippen LogP contribution in [0.5, 0.6) is 0 Å². The van der Waals surface area contributed by atoms with Crippen LogP contribution >= 0.6 is 0 Å². The summed E-state index contributed by atoms with van der Waals surface area (Å²) in [6, 6.07) is -8.57. The van der Waals surface area contributed by atoms with Crippen LogP contribution in [0.4, 0.5) is 33.6 Å². The van der Waals surface area contributed by atoms with Crippen molar-refractivity contribution in [3.05, 3.63) is 0 Å². The van der Waals surface area contributed by atoms with Crippen LogP contribution in [0.15, 0.2) is 0 Å². The SMILES string of the molecule is CNC(=O)NC[C@H](CC(C)C)NC(=O)NC[C@H](C)NC(=O)NC[C@@H](NC(=O)NC[C@H](CC(C)C)NC(=O)NC[C@H](C)NC(=O)NC[C@@H](NC(=O)[C@H](CC(C)C)NC(=O)[C@H](C)NC(=O)[C@H](CC(C)C)NC(=O)OC(C)(C)C)C(C)C)C(C)C. The van der Waals surface area contributed by atoms with Crippen molar-refractivity contribution in [1.29, 1.82) is 0 Å². The fraction of sp³-hybridized carbons (Fsp3) is 0.818. The molecule has 0 spiro atoms. The third-order valence-corrected chi connectivity index (χ3v) is 12.3. The molecule has 9 atom stereocenters. The van der Waals surface area contributed by atoms with Crippen LogP contribution in [0.3, 0.4) is 0 Å². The van der Waals surface area contributed by atoms with Gasteiger partial charge in [-0.15, -0.1) is 0 Å². The summed E-state index contributed by atoms with van der Waals surface area (Å²) in [6.07, 6.45) is 0.988. The predicted octanol–water partition coefficient (Wildman–Crippen LogP) is 3.16. The van der Waals surface area contributed by atoms with Gasteiger partial charge in [0.1, 0.15) is 23.7 Å². The lowest BCUT2D eigenvalue weighted by molar-refractivity contribution is -0.132. The van der Waals surface area contributed by atoms with Crippen molar-refractivity contribution in [2.75, 3.05) is 46.3 Å². The van der Waals surface area contributed by atoms with Gasteiger partial charge in [0.05, 0.1) is 6.04 Å². The largest absolute Gasteiger partial charge is 0.444 e. The number of carbonyl (C=O) groups excluding carboxylic acids is 10. The number of hydrogen-bond donors (Lipinski definition) is 16. The average molecular weight is 1170 g/mol. The topological polar surface area (TPSA) is 372 Å². The molecule has 27 nitrogen and oxygen atoms in total. The molecule has 16 N–H and O–H groups in total. The van der Waals surface area contributed by atoms with E-state index in [-0.39, 0.29) is 93.3 Å². The van der Waals surface area contributed by atoms with Gasteiger partial charge in [-0.1, -0.05) is 83.1 Å². The van der Waals surface area contributed by atoms with E-state index < -0.39 is 108 Å². The summed E-state index contributed by atoms with van der Waals surface area (Å²) in [6.45, 7) is 33.8. The van der Waals surface area contributed by atoms with Crippen molar-refractivity contribution < 1.29 is 52.7 Å². The second-order valence-corrected chi connectivity index (χ2v) is 24.6. The zero-order chi connectivity index (χ0) is 63.0. The van der Waals surface area contributed by atoms with E-state index >= 15 is 0 Å². The lowest BCUT2D eigenvalue weighted by Gasteiger charge is -2.28. The first kappa shape index (κ1) is 75.3. The molecule has 0 aliphatic rings. The Labute approximate surface area is 488 Å². The summed E-state index contributed by atoms with van der Waals surface area (Å²) in [5.74, 6) is -1.41. The third kappa shape index (κ3) is 36.6. The van der Waals surface area contributed by atoms with Gasteiger partial charge in [0.2, 0.25) is 17.7 Å². The van der Waals surface area contributed by atoms with E-state index in [9.17, 15) is 47.9 Å². The molecule has 0 aliphatic heterocycles. The number of nitrogens with one attached hydrogen (secondary N) is 16. The van der Waals surface area contributed by atoms with Gasteiger partial charge in [-0.3, -0.25) is 14.4 Å². The Hall–Kier alpha value is -6.70. The minimum Gasteiger partial charge on any atom is -0.444 e. The Morgan fingerprint density at radius 2 is 0.695 bits per heavy atom. The quantitative estimate of drug-likeness (QED) is 0.0444. The van der Waals surface area contributed by atoms with Crippen molar-refractivity contribution in [2.24, 2.45) is 35.5 Å². The highest BCUT2D eigenvalue weighted by atomic mass is 16.6. The minimum absolute atomic E-state index is 0.00379. The summed E-state index contributed by atoms with van der Waals surface area (Å²) < 4.78 is 5.33. The number of alkyl carbamates (subject to hydrolysis) is 1. The van der Waals surface area contributed by atoms with Crippen molar-refractivity contribution in [3.63, 3.8) is 0 Å². The summed E-state index contributed by atoms with van der Waals surface area (Å²) in [4.78, 5) is 129. The van der Waals surface area contributed by atoms with E-state index in [0.717, 1.165) is 0 Å². The fourth-order valence-corrected chi connectivity index (χ4v) is 8.01. The van der Waals surface area contributed by atoms with Gasteiger partial charge in [-0.05, 0) is 103 Å². The number of urea groups is 6. The van der Waals surface area contributed by atoms with Crippen LogP contribution in [0.2, 0.25) is 0 Å². The molecule has 474 valence electrons. The molecule has 0 rings (SSSR count). The van der Waals surface area contributed by atoms with Gasteiger partial charge < -0.3 is 89.8 Å². The Morgan fingerprint density at radius 1 is 0.354 bits per heavy atom. The van der Waals surface area contributed by atoms with Gasteiger partial charge in [-0.2, -0.15) is 0 Å². The van der Waals surface area contributed by atoms with Crippen LogP contribution < -0.4 is 85.1 Å². The highest BCUT2D eigenvalue weighted by Crippen LogP contribution is 2.12. The van der Waals surface area contributed by atoms with E-state index in [4.69, 9.17) is 4.74 Å². The standard InChI is InChI=1S/C55H108N16O11/c1-30(2)20-39(26-59-48(75)56-19)66-51(78)57-25-37(14)64-50(77)62-29-44(35(11)12)70-53(80)60-27-40(21-31(3)4)67-52(79)58-24-36(13)63-49(76)61-28-43(34(9)10)69-47(74)41(22-32(5)6)68-45(72)38(15)65-46(73)42(23-33(7)8)71-54(81)82-55(16,17)18/h30-44H,20-29H2,1-19H3,(H,65,73)(H,68,72)(H,69,74)(H,71,81)(H2,56,59,75)(H2,57,66,78)(H2,58,67,79)(H2,60,70,80)(H2,61,63,76)(H2,62,64,77)/t36-,37-,38-,39-,40-,41-,42-,43+,44+/m0/s1. The van der Waals surface area contributed by atoms with Crippen LogP contribution in [-0.2, 0) is 19.1 Å².